The van der Waals surface area contributed by atoms with Crippen molar-refractivity contribution in [2.75, 3.05) is 0 Å². The van der Waals surface area contributed by atoms with Gasteiger partial charge in [-0.25, -0.2) is 0 Å². The Morgan fingerprint density at radius 1 is 0.938 bits per heavy atom. The largest absolute Gasteiger partial charge is 0.0622 e. The van der Waals surface area contributed by atoms with Crippen molar-refractivity contribution in [1.29, 1.82) is 0 Å². The van der Waals surface area contributed by atoms with Gasteiger partial charge in [0.15, 0.2) is 0 Å². The van der Waals surface area contributed by atoms with Crippen LogP contribution in [0.1, 0.15) is 29.9 Å². The van der Waals surface area contributed by atoms with Gasteiger partial charge in [-0.15, -0.1) is 0 Å². The molecule has 80 valence electrons. The van der Waals surface area contributed by atoms with Gasteiger partial charge in [0.2, 0.25) is 0 Å². The number of aryl methyl sites for hydroxylation is 1. The molecule has 2 aromatic carbocycles. The van der Waals surface area contributed by atoms with Crippen molar-refractivity contribution in [1.82, 2.24) is 0 Å². The Morgan fingerprint density at radius 2 is 1.69 bits per heavy atom. The molecule has 0 amide bonds. The molecule has 2 aromatic rings. The second-order valence-electron chi connectivity index (χ2n) is 4.71. The highest BCUT2D eigenvalue weighted by atomic mass is 14.3. The number of hydrogen-bond donors (Lipinski definition) is 0. The van der Waals surface area contributed by atoms with Crippen molar-refractivity contribution in [3.8, 4) is 11.1 Å². The molecule has 0 N–H and O–H groups in total. The standard InChI is InChI=1S/C16H16/c1-12-7-8-15(13-9-10-13)11-16(12)14-5-3-2-4-6-14/h2-8,11,13H,9-10H2,1H3. The Labute approximate surface area is 96.9 Å². The third-order valence-corrected chi connectivity index (χ3v) is 3.40. The van der Waals surface area contributed by atoms with Gasteiger partial charge in [-0.1, -0.05) is 48.5 Å². The minimum Gasteiger partial charge on any atom is -0.0622 e. The first-order valence-electron chi connectivity index (χ1n) is 6.00. The lowest BCUT2D eigenvalue weighted by atomic mass is 9.97. The Balaban J connectivity index is 2.08. The number of rotatable bonds is 2. The molecule has 0 radical (unpaired) electrons. The Bertz CT molecular complexity index is 493. The summed E-state index contributed by atoms with van der Waals surface area (Å²) in [4.78, 5) is 0. The summed E-state index contributed by atoms with van der Waals surface area (Å²) in [6.45, 7) is 2.19. The fraction of sp³-hybridized carbons (Fsp3) is 0.250. The average molecular weight is 208 g/mol. The molecule has 0 saturated heterocycles. The summed E-state index contributed by atoms with van der Waals surface area (Å²) < 4.78 is 0. The van der Waals surface area contributed by atoms with Crippen LogP contribution in [0.3, 0.4) is 0 Å². The van der Waals surface area contributed by atoms with E-state index in [1.807, 2.05) is 0 Å². The predicted molar refractivity (Wildman–Crippen MR) is 68.6 cm³/mol. The summed E-state index contributed by atoms with van der Waals surface area (Å²) in [5.74, 6) is 0.836. The topological polar surface area (TPSA) is 0 Å². The maximum atomic E-state index is 2.38. The summed E-state index contributed by atoms with van der Waals surface area (Å²) in [5, 5.41) is 0. The minimum atomic E-state index is 0.836. The summed E-state index contributed by atoms with van der Waals surface area (Å²) in [5.41, 5.74) is 5.62. The van der Waals surface area contributed by atoms with Crippen LogP contribution in [0.25, 0.3) is 11.1 Å². The minimum absolute atomic E-state index is 0.836. The van der Waals surface area contributed by atoms with Crippen molar-refractivity contribution >= 4 is 0 Å². The normalized spacial score (nSPS) is 15.1. The molecule has 0 unspecified atom stereocenters. The second-order valence-corrected chi connectivity index (χ2v) is 4.71. The van der Waals surface area contributed by atoms with Crippen LogP contribution < -0.4 is 0 Å². The zero-order valence-electron chi connectivity index (χ0n) is 9.61. The Kier molecular flexibility index (Phi) is 2.28. The molecule has 0 heteroatoms. The highest BCUT2D eigenvalue weighted by Crippen LogP contribution is 2.41. The van der Waals surface area contributed by atoms with Gasteiger partial charge in [0, 0.05) is 0 Å². The van der Waals surface area contributed by atoms with Crippen LogP contribution in [0.5, 0.6) is 0 Å². The third kappa shape index (κ3) is 1.76. The highest BCUT2D eigenvalue weighted by molar-refractivity contribution is 5.68. The van der Waals surface area contributed by atoms with E-state index in [4.69, 9.17) is 0 Å². The smallest absolute Gasteiger partial charge is 0.0152 e. The number of hydrogen-bond acceptors (Lipinski definition) is 0. The molecule has 0 aliphatic heterocycles. The Hall–Kier alpha value is -1.56. The van der Waals surface area contributed by atoms with E-state index in [9.17, 15) is 0 Å². The van der Waals surface area contributed by atoms with Gasteiger partial charge in [0.25, 0.3) is 0 Å². The van der Waals surface area contributed by atoms with E-state index in [2.05, 4.69) is 55.5 Å². The van der Waals surface area contributed by atoms with Crippen molar-refractivity contribution in [3.63, 3.8) is 0 Å². The van der Waals surface area contributed by atoms with Crippen molar-refractivity contribution in [2.45, 2.75) is 25.7 Å². The summed E-state index contributed by atoms with van der Waals surface area (Å²) in [6, 6.07) is 17.6. The van der Waals surface area contributed by atoms with Crippen LogP contribution in [-0.2, 0) is 0 Å². The molecule has 1 saturated carbocycles. The number of benzene rings is 2. The van der Waals surface area contributed by atoms with Gasteiger partial charge in [-0.2, -0.15) is 0 Å². The molecule has 0 bridgehead atoms. The van der Waals surface area contributed by atoms with E-state index in [1.54, 1.807) is 0 Å². The summed E-state index contributed by atoms with van der Waals surface area (Å²) in [7, 11) is 0. The molecule has 1 fully saturated rings. The SMILES string of the molecule is Cc1ccc(C2CC2)cc1-c1ccccc1. The fourth-order valence-corrected chi connectivity index (χ4v) is 2.24. The monoisotopic (exact) mass is 208 g/mol. The second kappa shape index (κ2) is 3.79. The predicted octanol–water partition coefficient (Wildman–Crippen LogP) is 4.54. The zero-order chi connectivity index (χ0) is 11.0. The van der Waals surface area contributed by atoms with Gasteiger partial charge < -0.3 is 0 Å². The molecule has 0 spiro atoms. The maximum Gasteiger partial charge on any atom is -0.0152 e. The van der Waals surface area contributed by atoms with Gasteiger partial charge >= 0.3 is 0 Å². The van der Waals surface area contributed by atoms with E-state index in [0.717, 1.165) is 5.92 Å². The van der Waals surface area contributed by atoms with Crippen molar-refractivity contribution in [3.05, 3.63) is 59.7 Å². The van der Waals surface area contributed by atoms with Crippen LogP contribution >= 0.6 is 0 Å². The van der Waals surface area contributed by atoms with Crippen molar-refractivity contribution < 1.29 is 0 Å². The van der Waals surface area contributed by atoms with Crippen LogP contribution in [0.4, 0.5) is 0 Å². The lowest BCUT2D eigenvalue weighted by Crippen LogP contribution is -1.86. The van der Waals surface area contributed by atoms with Crippen LogP contribution in [0.15, 0.2) is 48.5 Å². The molecule has 0 nitrogen and oxygen atoms in total. The first-order chi connectivity index (χ1) is 7.84. The molecule has 0 heterocycles. The zero-order valence-corrected chi connectivity index (χ0v) is 9.61. The van der Waals surface area contributed by atoms with E-state index < -0.39 is 0 Å². The summed E-state index contributed by atoms with van der Waals surface area (Å²) >= 11 is 0. The van der Waals surface area contributed by atoms with Gasteiger partial charge in [-0.05, 0) is 47.9 Å². The molecular weight excluding hydrogens is 192 g/mol. The molecule has 0 aromatic heterocycles. The molecule has 0 atom stereocenters. The van der Waals surface area contributed by atoms with Crippen LogP contribution in [0.2, 0.25) is 0 Å². The van der Waals surface area contributed by atoms with E-state index in [-0.39, 0.29) is 0 Å². The van der Waals surface area contributed by atoms with Crippen LogP contribution in [0, 0.1) is 6.92 Å². The highest BCUT2D eigenvalue weighted by Gasteiger charge is 2.23. The fourth-order valence-electron chi connectivity index (χ4n) is 2.24. The first-order valence-corrected chi connectivity index (χ1v) is 6.00. The van der Waals surface area contributed by atoms with E-state index in [0.29, 0.717) is 0 Å². The molecular formula is C16H16. The molecule has 1 aliphatic rings. The van der Waals surface area contributed by atoms with Gasteiger partial charge in [0.05, 0.1) is 0 Å². The van der Waals surface area contributed by atoms with E-state index in [1.165, 1.54) is 35.1 Å². The molecule has 16 heavy (non-hydrogen) atoms. The first kappa shape index (κ1) is 9.65. The lowest BCUT2D eigenvalue weighted by Gasteiger charge is -2.08. The van der Waals surface area contributed by atoms with E-state index >= 15 is 0 Å². The molecule has 3 rings (SSSR count). The van der Waals surface area contributed by atoms with Crippen LogP contribution in [-0.4, -0.2) is 0 Å². The third-order valence-electron chi connectivity index (χ3n) is 3.40. The van der Waals surface area contributed by atoms with Gasteiger partial charge in [0.1, 0.15) is 0 Å². The molecule has 1 aliphatic carbocycles. The van der Waals surface area contributed by atoms with Crippen molar-refractivity contribution in [2.24, 2.45) is 0 Å². The maximum absolute atomic E-state index is 2.38. The Morgan fingerprint density at radius 3 is 2.38 bits per heavy atom. The summed E-state index contributed by atoms with van der Waals surface area (Å²) in [6.07, 6.45) is 2.74. The quantitative estimate of drug-likeness (QED) is 0.679. The average Bonchev–Trinajstić information content (AvgIpc) is 3.15. The van der Waals surface area contributed by atoms with Gasteiger partial charge in [-0.3, -0.25) is 0 Å². The lowest BCUT2D eigenvalue weighted by molar-refractivity contribution is 1.13.